The summed E-state index contributed by atoms with van der Waals surface area (Å²) in [5.74, 6) is -0.189. The van der Waals surface area contributed by atoms with Crippen LogP contribution in [0.2, 0.25) is 0 Å². The number of nitriles is 1. The lowest BCUT2D eigenvalue weighted by atomic mass is 10.1. The number of hydrogen-bond donors (Lipinski definition) is 0. The molecule has 0 spiro atoms. The van der Waals surface area contributed by atoms with Crippen LogP contribution in [0.4, 0.5) is 0 Å². The maximum Gasteiger partial charge on any atom is 0.261 e. The van der Waals surface area contributed by atoms with Gasteiger partial charge in [0.2, 0.25) is 5.91 Å². The lowest BCUT2D eigenvalue weighted by Gasteiger charge is -2.26. The van der Waals surface area contributed by atoms with E-state index in [-0.39, 0.29) is 30.5 Å². The number of aromatic nitrogens is 2. The number of benzene rings is 1. The molecule has 1 heterocycles. The first-order chi connectivity index (χ1) is 11.0. The Bertz CT molecular complexity index is 817. The van der Waals surface area contributed by atoms with Gasteiger partial charge in [-0.2, -0.15) is 5.26 Å². The Hall–Kier alpha value is -2.68. The summed E-state index contributed by atoms with van der Waals surface area (Å²) < 4.78 is 1.33. The van der Waals surface area contributed by atoms with Crippen molar-refractivity contribution in [2.24, 2.45) is 0 Å². The molecule has 0 atom stereocenters. The SMILES string of the molecule is Cc1cccc2c(=O)n(CC(=O)N(CCC#N)C(C)C)cnc12. The van der Waals surface area contributed by atoms with Crippen LogP contribution in [0.15, 0.2) is 29.3 Å². The first kappa shape index (κ1) is 16.7. The Kier molecular flexibility index (Phi) is 5.12. The first-order valence-corrected chi connectivity index (χ1v) is 7.57. The maximum absolute atomic E-state index is 12.5. The smallest absolute Gasteiger partial charge is 0.261 e. The molecule has 1 aromatic heterocycles. The zero-order valence-electron chi connectivity index (χ0n) is 13.6. The molecule has 0 fully saturated rings. The summed E-state index contributed by atoms with van der Waals surface area (Å²) in [7, 11) is 0. The van der Waals surface area contributed by atoms with E-state index in [0.717, 1.165) is 5.56 Å². The Labute approximate surface area is 135 Å². The minimum atomic E-state index is -0.226. The monoisotopic (exact) mass is 312 g/mol. The highest BCUT2D eigenvalue weighted by molar-refractivity contribution is 5.81. The van der Waals surface area contributed by atoms with Crippen LogP contribution in [-0.4, -0.2) is 32.9 Å². The molecule has 2 rings (SSSR count). The Morgan fingerprint density at radius 2 is 2.17 bits per heavy atom. The number of nitrogens with zero attached hydrogens (tertiary/aromatic N) is 4. The summed E-state index contributed by atoms with van der Waals surface area (Å²) in [5.41, 5.74) is 1.36. The molecule has 6 heteroatoms. The molecule has 0 bridgehead atoms. The van der Waals surface area contributed by atoms with Crippen molar-refractivity contribution >= 4 is 16.8 Å². The van der Waals surface area contributed by atoms with Gasteiger partial charge in [0, 0.05) is 12.6 Å². The van der Waals surface area contributed by atoms with Gasteiger partial charge >= 0.3 is 0 Å². The van der Waals surface area contributed by atoms with Crippen LogP contribution in [0, 0.1) is 18.3 Å². The Balaban J connectivity index is 2.31. The summed E-state index contributed by atoms with van der Waals surface area (Å²) in [6.45, 7) is 5.97. The average molecular weight is 312 g/mol. The van der Waals surface area contributed by atoms with Crippen LogP contribution in [0.25, 0.3) is 10.9 Å². The highest BCUT2D eigenvalue weighted by atomic mass is 16.2. The van der Waals surface area contributed by atoms with Crippen LogP contribution < -0.4 is 5.56 Å². The quantitative estimate of drug-likeness (QED) is 0.844. The van der Waals surface area contributed by atoms with Crippen molar-refractivity contribution < 1.29 is 4.79 Å². The van der Waals surface area contributed by atoms with Crippen molar-refractivity contribution in [3.63, 3.8) is 0 Å². The van der Waals surface area contributed by atoms with E-state index < -0.39 is 0 Å². The van der Waals surface area contributed by atoms with Gasteiger partial charge in [0.15, 0.2) is 0 Å². The molecule has 1 aromatic carbocycles. The van der Waals surface area contributed by atoms with E-state index in [9.17, 15) is 9.59 Å². The maximum atomic E-state index is 12.5. The molecule has 6 nitrogen and oxygen atoms in total. The largest absolute Gasteiger partial charge is 0.338 e. The molecule has 23 heavy (non-hydrogen) atoms. The zero-order chi connectivity index (χ0) is 17.0. The van der Waals surface area contributed by atoms with E-state index in [2.05, 4.69) is 4.98 Å². The number of aryl methyl sites for hydroxylation is 1. The van der Waals surface area contributed by atoms with Crippen molar-refractivity contribution in [1.82, 2.24) is 14.5 Å². The van der Waals surface area contributed by atoms with Gasteiger partial charge in [0.1, 0.15) is 6.54 Å². The van der Waals surface area contributed by atoms with Crippen LogP contribution >= 0.6 is 0 Å². The van der Waals surface area contributed by atoms with Gasteiger partial charge in [-0.1, -0.05) is 12.1 Å². The van der Waals surface area contributed by atoms with Crippen molar-refractivity contribution in [3.8, 4) is 6.07 Å². The molecule has 1 amide bonds. The molecule has 0 aliphatic heterocycles. The van der Waals surface area contributed by atoms with Gasteiger partial charge in [0.25, 0.3) is 5.56 Å². The molecule has 120 valence electrons. The van der Waals surface area contributed by atoms with Gasteiger partial charge in [-0.15, -0.1) is 0 Å². The molecule has 0 saturated heterocycles. The highest BCUT2D eigenvalue weighted by Crippen LogP contribution is 2.11. The second-order valence-electron chi connectivity index (χ2n) is 5.74. The average Bonchev–Trinajstić information content (AvgIpc) is 2.51. The lowest BCUT2D eigenvalue weighted by molar-refractivity contribution is -0.133. The zero-order valence-corrected chi connectivity index (χ0v) is 13.6. The predicted octanol–water partition coefficient (Wildman–Crippen LogP) is 1.86. The lowest BCUT2D eigenvalue weighted by Crippen LogP contribution is -2.41. The van der Waals surface area contributed by atoms with E-state index in [1.54, 1.807) is 17.0 Å². The molecule has 0 radical (unpaired) electrons. The van der Waals surface area contributed by atoms with Crippen LogP contribution in [0.5, 0.6) is 0 Å². The second kappa shape index (κ2) is 7.05. The standard InChI is InChI=1S/C17H20N4O2/c1-12(2)21(9-5-8-18)15(22)10-20-11-19-16-13(3)6-4-7-14(16)17(20)23/h4,6-7,11-12H,5,9-10H2,1-3H3. The molecule has 0 unspecified atom stereocenters. The minimum absolute atomic E-state index is 0.0257. The number of fused-ring (bicyclic) bond motifs is 1. The van der Waals surface area contributed by atoms with E-state index in [1.165, 1.54) is 10.9 Å². The van der Waals surface area contributed by atoms with Gasteiger partial charge in [-0.25, -0.2) is 4.98 Å². The van der Waals surface area contributed by atoms with E-state index in [0.29, 0.717) is 17.4 Å². The fourth-order valence-corrected chi connectivity index (χ4v) is 2.53. The topological polar surface area (TPSA) is 79.0 Å². The predicted molar refractivity (Wildman–Crippen MR) is 87.8 cm³/mol. The molecule has 2 aromatic rings. The van der Waals surface area contributed by atoms with E-state index in [4.69, 9.17) is 5.26 Å². The second-order valence-corrected chi connectivity index (χ2v) is 5.74. The van der Waals surface area contributed by atoms with Gasteiger partial charge in [-0.05, 0) is 32.4 Å². The van der Waals surface area contributed by atoms with Crippen molar-refractivity contribution in [3.05, 3.63) is 40.4 Å². The summed E-state index contributed by atoms with van der Waals surface area (Å²) in [6, 6.07) is 7.43. The molecular weight excluding hydrogens is 292 g/mol. The third kappa shape index (κ3) is 3.57. The van der Waals surface area contributed by atoms with E-state index >= 15 is 0 Å². The van der Waals surface area contributed by atoms with Crippen molar-refractivity contribution in [1.29, 1.82) is 5.26 Å². The Morgan fingerprint density at radius 1 is 1.43 bits per heavy atom. The van der Waals surface area contributed by atoms with Gasteiger partial charge in [0.05, 0.1) is 29.7 Å². The first-order valence-electron chi connectivity index (χ1n) is 7.57. The number of carbonyl (C=O) groups is 1. The van der Waals surface area contributed by atoms with Crippen molar-refractivity contribution in [2.45, 2.75) is 39.8 Å². The number of rotatable bonds is 5. The Morgan fingerprint density at radius 3 is 2.83 bits per heavy atom. The molecule has 0 saturated carbocycles. The van der Waals surface area contributed by atoms with Crippen molar-refractivity contribution in [2.75, 3.05) is 6.54 Å². The summed E-state index contributed by atoms with van der Waals surface area (Å²) in [6.07, 6.45) is 1.69. The number of carbonyl (C=O) groups excluding carboxylic acids is 1. The van der Waals surface area contributed by atoms with Gasteiger partial charge in [-0.3, -0.25) is 14.2 Å². The number of amides is 1. The number of para-hydroxylation sites is 1. The molecule has 0 N–H and O–H groups in total. The van der Waals surface area contributed by atoms with Crippen LogP contribution in [0.3, 0.4) is 0 Å². The van der Waals surface area contributed by atoms with E-state index in [1.807, 2.05) is 32.9 Å². The fourth-order valence-electron chi connectivity index (χ4n) is 2.53. The fraction of sp³-hybridized carbons (Fsp3) is 0.412. The third-order valence-electron chi connectivity index (χ3n) is 3.77. The molecule has 0 aliphatic rings. The highest BCUT2D eigenvalue weighted by Gasteiger charge is 2.18. The van der Waals surface area contributed by atoms with Gasteiger partial charge < -0.3 is 4.90 Å². The normalized spacial score (nSPS) is 10.7. The molecular formula is C17H20N4O2. The summed E-state index contributed by atoms with van der Waals surface area (Å²) in [4.78, 5) is 30.9. The molecule has 0 aliphatic carbocycles. The van der Waals surface area contributed by atoms with Crippen LogP contribution in [-0.2, 0) is 11.3 Å². The summed E-state index contributed by atoms with van der Waals surface area (Å²) in [5, 5.41) is 9.21. The summed E-state index contributed by atoms with van der Waals surface area (Å²) >= 11 is 0. The van der Waals surface area contributed by atoms with Crippen LogP contribution in [0.1, 0.15) is 25.8 Å². The number of hydrogen-bond acceptors (Lipinski definition) is 4. The third-order valence-corrected chi connectivity index (χ3v) is 3.77. The minimum Gasteiger partial charge on any atom is -0.338 e.